The van der Waals surface area contributed by atoms with Crippen LogP contribution >= 0.6 is 0 Å². The molecule has 4 heteroatoms. The quantitative estimate of drug-likeness (QED) is 0.763. The van der Waals surface area contributed by atoms with E-state index < -0.39 is 9.84 Å². The molecule has 3 nitrogen and oxygen atoms in total. The van der Waals surface area contributed by atoms with Gasteiger partial charge >= 0.3 is 0 Å². The molecule has 0 heterocycles. The Balaban J connectivity index is 2.59. The first-order valence-electron chi connectivity index (χ1n) is 7.70. The third kappa shape index (κ3) is 8.89. The Kier molecular flexibility index (Phi) is 7.40. The lowest BCUT2D eigenvalue weighted by Crippen LogP contribution is -2.28. The summed E-state index contributed by atoms with van der Waals surface area (Å²) in [6.45, 7) is 8.29. The summed E-state index contributed by atoms with van der Waals surface area (Å²) in [7, 11) is -2.89. The Morgan fingerprint density at radius 1 is 1.10 bits per heavy atom. The maximum Gasteiger partial charge on any atom is 0.147 e. The molecule has 0 amide bonds. The molecule has 1 aromatic carbocycles. The van der Waals surface area contributed by atoms with Crippen LogP contribution in [0.1, 0.15) is 31.4 Å². The van der Waals surface area contributed by atoms with Gasteiger partial charge in [0.2, 0.25) is 0 Å². The van der Waals surface area contributed by atoms with Crippen LogP contribution in [0, 0.1) is 18.8 Å². The van der Waals surface area contributed by atoms with Gasteiger partial charge in [-0.2, -0.15) is 0 Å². The van der Waals surface area contributed by atoms with E-state index >= 15 is 0 Å². The number of nitrogens with one attached hydrogen (secondary N) is 1. The molecule has 21 heavy (non-hydrogen) atoms. The number of sulfone groups is 1. The number of aryl methyl sites for hydroxylation is 1. The molecule has 0 saturated carbocycles. The van der Waals surface area contributed by atoms with Gasteiger partial charge in [0.25, 0.3) is 0 Å². The summed E-state index contributed by atoms with van der Waals surface area (Å²) in [5.41, 5.74) is 2.54. The maximum atomic E-state index is 11.4. The Hall–Kier alpha value is -0.870. The van der Waals surface area contributed by atoms with E-state index in [0.717, 1.165) is 25.9 Å². The van der Waals surface area contributed by atoms with Crippen molar-refractivity contribution < 1.29 is 8.42 Å². The van der Waals surface area contributed by atoms with E-state index in [1.54, 1.807) is 0 Å². The van der Waals surface area contributed by atoms with Gasteiger partial charge in [-0.25, -0.2) is 8.42 Å². The zero-order valence-corrected chi connectivity index (χ0v) is 14.5. The van der Waals surface area contributed by atoms with Crippen LogP contribution in [-0.2, 0) is 16.3 Å². The van der Waals surface area contributed by atoms with E-state index in [1.165, 1.54) is 17.4 Å². The van der Waals surface area contributed by atoms with Gasteiger partial charge in [-0.15, -0.1) is 0 Å². The lowest BCUT2D eigenvalue weighted by atomic mass is 9.96. The van der Waals surface area contributed by atoms with Crippen LogP contribution in [0.5, 0.6) is 0 Å². The summed E-state index contributed by atoms with van der Waals surface area (Å²) >= 11 is 0. The molecule has 1 N–H and O–H groups in total. The second kappa shape index (κ2) is 8.54. The summed E-state index contributed by atoms with van der Waals surface area (Å²) in [4.78, 5) is 0. The zero-order valence-electron chi connectivity index (χ0n) is 13.7. The van der Waals surface area contributed by atoms with Crippen LogP contribution in [0.25, 0.3) is 0 Å². The lowest BCUT2D eigenvalue weighted by molar-refractivity contribution is 0.437. The monoisotopic (exact) mass is 311 g/mol. The van der Waals surface area contributed by atoms with Crippen molar-refractivity contribution >= 4 is 9.84 Å². The average molecular weight is 311 g/mol. The summed E-state index contributed by atoms with van der Waals surface area (Å²) in [5.74, 6) is 1.24. The van der Waals surface area contributed by atoms with Crippen molar-refractivity contribution in [2.45, 2.75) is 33.6 Å². The van der Waals surface area contributed by atoms with Gasteiger partial charge in [0.05, 0.1) is 5.75 Å². The molecular weight excluding hydrogens is 282 g/mol. The molecule has 120 valence electrons. The molecule has 1 rings (SSSR count). The van der Waals surface area contributed by atoms with Gasteiger partial charge in [0.1, 0.15) is 9.84 Å². The number of benzene rings is 1. The molecule has 1 atom stereocenters. The van der Waals surface area contributed by atoms with Gasteiger partial charge in [-0.1, -0.05) is 43.7 Å². The molecule has 0 radical (unpaired) electrons. The predicted molar refractivity (Wildman–Crippen MR) is 90.4 cm³/mol. The molecule has 0 saturated heterocycles. The van der Waals surface area contributed by atoms with E-state index in [4.69, 9.17) is 0 Å². The molecule has 1 aromatic rings. The predicted octanol–water partition coefficient (Wildman–Crippen LogP) is 2.83. The minimum Gasteiger partial charge on any atom is -0.316 e. The molecule has 0 aromatic heterocycles. The van der Waals surface area contributed by atoms with Gasteiger partial charge in [-0.3, -0.25) is 0 Å². The molecular formula is C17H29NO2S. The summed E-state index contributed by atoms with van der Waals surface area (Å²) in [6.07, 6.45) is 2.97. The van der Waals surface area contributed by atoms with Gasteiger partial charge in [0, 0.05) is 6.26 Å². The fourth-order valence-corrected chi connectivity index (χ4v) is 3.05. The maximum absolute atomic E-state index is 11.4. The molecule has 0 spiro atoms. The van der Waals surface area contributed by atoms with E-state index in [-0.39, 0.29) is 5.75 Å². The first-order valence-corrected chi connectivity index (χ1v) is 9.76. The number of hydrogen-bond acceptors (Lipinski definition) is 3. The lowest BCUT2D eigenvalue weighted by Gasteiger charge is -2.18. The van der Waals surface area contributed by atoms with Crippen LogP contribution in [0.4, 0.5) is 0 Å². The Morgan fingerprint density at radius 3 is 2.24 bits per heavy atom. The average Bonchev–Trinajstić information content (AvgIpc) is 2.37. The fourth-order valence-electron chi connectivity index (χ4n) is 2.29. The first-order chi connectivity index (χ1) is 9.76. The SMILES string of the molecule is Cc1ccc(CC(CCS(C)(=O)=O)CNCC(C)C)cc1. The van der Waals surface area contributed by atoms with Gasteiger partial charge in [0.15, 0.2) is 0 Å². The topological polar surface area (TPSA) is 46.2 Å². The minimum absolute atomic E-state index is 0.271. The van der Waals surface area contributed by atoms with E-state index in [1.807, 2.05) is 0 Å². The minimum atomic E-state index is -2.89. The highest BCUT2D eigenvalue weighted by atomic mass is 32.2. The second-order valence-corrected chi connectivity index (χ2v) is 8.79. The van der Waals surface area contributed by atoms with E-state index in [0.29, 0.717) is 11.8 Å². The normalized spacial score (nSPS) is 13.6. The summed E-state index contributed by atoms with van der Waals surface area (Å²) in [6, 6.07) is 8.52. The molecule has 0 fully saturated rings. The molecule has 0 bridgehead atoms. The van der Waals surface area contributed by atoms with Crippen molar-refractivity contribution in [2.24, 2.45) is 11.8 Å². The zero-order chi connectivity index (χ0) is 15.9. The van der Waals surface area contributed by atoms with Crippen LogP contribution in [0.3, 0.4) is 0 Å². The second-order valence-electron chi connectivity index (χ2n) is 6.53. The van der Waals surface area contributed by atoms with Gasteiger partial charge < -0.3 is 5.32 Å². The van der Waals surface area contributed by atoms with E-state index in [9.17, 15) is 8.42 Å². The van der Waals surface area contributed by atoms with Crippen LogP contribution in [0.2, 0.25) is 0 Å². The number of hydrogen-bond donors (Lipinski definition) is 1. The van der Waals surface area contributed by atoms with E-state index in [2.05, 4.69) is 50.4 Å². The van der Waals surface area contributed by atoms with Crippen molar-refractivity contribution in [3.63, 3.8) is 0 Å². The molecule has 0 aliphatic carbocycles. The molecule has 0 aliphatic rings. The van der Waals surface area contributed by atoms with Gasteiger partial charge in [-0.05, 0) is 50.3 Å². The van der Waals surface area contributed by atoms with Crippen LogP contribution < -0.4 is 5.32 Å². The fraction of sp³-hybridized carbons (Fsp3) is 0.647. The van der Waals surface area contributed by atoms with Crippen molar-refractivity contribution in [3.05, 3.63) is 35.4 Å². The van der Waals surface area contributed by atoms with Crippen molar-refractivity contribution in [3.8, 4) is 0 Å². The highest BCUT2D eigenvalue weighted by Crippen LogP contribution is 2.14. The standard InChI is InChI=1S/C17H29NO2S/c1-14(2)12-18-13-17(9-10-21(4,19)20)11-16-7-5-15(3)6-8-16/h5-8,14,17-18H,9-13H2,1-4H3. The highest BCUT2D eigenvalue weighted by molar-refractivity contribution is 7.90. The van der Waals surface area contributed by atoms with Crippen molar-refractivity contribution in [2.75, 3.05) is 25.1 Å². The van der Waals surface area contributed by atoms with Crippen molar-refractivity contribution in [1.82, 2.24) is 5.32 Å². The molecule has 1 unspecified atom stereocenters. The number of rotatable bonds is 9. The Morgan fingerprint density at radius 2 is 1.71 bits per heavy atom. The largest absolute Gasteiger partial charge is 0.316 e. The van der Waals surface area contributed by atoms with Crippen LogP contribution in [-0.4, -0.2) is 33.5 Å². The van der Waals surface area contributed by atoms with Crippen molar-refractivity contribution in [1.29, 1.82) is 0 Å². The highest BCUT2D eigenvalue weighted by Gasteiger charge is 2.13. The summed E-state index contributed by atoms with van der Waals surface area (Å²) in [5, 5.41) is 3.46. The summed E-state index contributed by atoms with van der Waals surface area (Å²) < 4.78 is 22.8. The molecule has 0 aliphatic heterocycles. The van der Waals surface area contributed by atoms with Crippen LogP contribution in [0.15, 0.2) is 24.3 Å². The first kappa shape index (κ1) is 18.2. The Labute approximate surface area is 130 Å². The third-order valence-corrected chi connectivity index (χ3v) is 4.50. The third-order valence-electron chi connectivity index (χ3n) is 3.53. The Bertz CT molecular complexity index is 506. The smallest absolute Gasteiger partial charge is 0.147 e.